The van der Waals surface area contributed by atoms with Gasteiger partial charge in [-0.2, -0.15) is 0 Å². The first-order chi connectivity index (χ1) is 13.6. The second kappa shape index (κ2) is 9.21. The molecule has 1 fully saturated rings. The third-order valence-corrected chi connectivity index (χ3v) is 4.73. The minimum Gasteiger partial charge on any atom is -0.497 e. The van der Waals surface area contributed by atoms with Gasteiger partial charge in [-0.1, -0.05) is 0 Å². The number of hydrogen-bond donors (Lipinski definition) is 1. The summed E-state index contributed by atoms with van der Waals surface area (Å²) in [6.45, 7) is 5.47. The molecule has 7 heteroatoms. The molecule has 0 atom stereocenters. The molecule has 7 nitrogen and oxygen atoms in total. The molecule has 1 aliphatic rings. The van der Waals surface area contributed by atoms with E-state index in [1.807, 2.05) is 24.0 Å². The summed E-state index contributed by atoms with van der Waals surface area (Å²) < 4.78 is 16.0. The van der Waals surface area contributed by atoms with Crippen molar-refractivity contribution in [2.24, 2.45) is 0 Å². The van der Waals surface area contributed by atoms with Gasteiger partial charge in [0.1, 0.15) is 17.2 Å². The Morgan fingerprint density at radius 3 is 2.25 bits per heavy atom. The van der Waals surface area contributed by atoms with E-state index in [9.17, 15) is 4.79 Å². The maximum absolute atomic E-state index is 12.7. The average molecular weight is 385 g/mol. The zero-order valence-electron chi connectivity index (χ0n) is 16.6. The summed E-state index contributed by atoms with van der Waals surface area (Å²) in [6.07, 6.45) is 0. The number of methoxy groups -OCH3 is 2. The van der Waals surface area contributed by atoms with Crippen LogP contribution in [0.5, 0.6) is 17.2 Å². The number of carbonyl (C=O) groups is 1. The third kappa shape index (κ3) is 4.60. The first-order valence-corrected chi connectivity index (χ1v) is 9.40. The maximum Gasteiger partial charge on any atom is 0.322 e. The molecule has 2 aromatic carbocycles. The Balaban J connectivity index is 1.58. The first kappa shape index (κ1) is 19.7. The highest BCUT2D eigenvalue weighted by Crippen LogP contribution is 2.29. The van der Waals surface area contributed by atoms with Crippen molar-refractivity contribution in [1.82, 2.24) is 4.90 Å². The molecule has 1 heterocycles. The first-order valence-electron chi connectivity index (χ1n) is 9.40. The second-order valence-corrected chi connectivity index (χ2v) is 6.40. The fourth-order valence-electron chi connectivity index (χ4n) is 3.19. The van der Waals surface area contributed by atoms with Crippen LogP contribution in [0.2, 0.25) is 0 Å². The van der Waals surface area contributed by atoms with Crippen LogP contribution < -0.4 is 24.4 Å². The standard InChI is InChI=1S/C21H27N3O4/c1-4-28-17-7-5-16(6-8-17)23-11-13-24(14-12-23)21(25)22-19-15-18(26-2)9-10-20(19)27-3/h5-10,15H,4,11-14H2,1-3H3,(H,22,25). The molecule has 1 N–H and O–H groups in total. The molecule has 1 aliphatic heterocycles. The molecular formula is C21H27N3O4. The molecule has 1 saturated heterocycles. The van der Waals surface area contributed by atoms with E-state index in [4.69, 9.17) is 14.2 Å². The van der Waals surface area contributed by atoms with Gasteiger partial charge in [-0.3, -0.25) is 0 Å². The topological polar surface area (TPSA) is 63.3 Å². The van der Waals surface area contributed by atoms with Crippen LogP contribution >= 0.6 is 0 Å². The molecule has 2 aromatic rings. The van der Waals surface area contributed by atoms with Crippen molar-refractivity contribution in [3.05, 3.63) is 42.5 Å². The summed E-state index contributed by atoms with van der Waals surface area (Å²) in [5.41, 5.74) is 1.73. The van der Waals surface area contributed by atoms with Crippen molar-refractivity contribution < 1.29 is 19.0 Å². The van der Waals surface area contributed by atoms with Gasteiger partial charge in [-0.25, -0.2) is 4.79 Å². The Labute approximate surface area is 165 Å². The van der Waals surface area contributed by atoms with Gasteiger partial charge in [0.05, 0.1) is 26.5 Å². The lowest BCUT2D eigenvalue weighted by Gasteiger charge is -2.36. The normalized spacial score (nSPS) is 13.8. The molecule has 150 valence electrons. The van der Waals surface area contributed by atoms with E-state index < -0.39 is 0 Å². The average Bonchev–Trinajstić information content (AvgIpc) is 2.74. The van der Waals surface area contributed by atoms with E-state index in [-0.39, 0.29) is 6.03 Å². The van der Waals surface area contributed by atoms with Gasteiger partial charge in [0.25, 0.3) is 0 Å². The molecule has 0 unspecified atom stereocenters. The number of hydrogen-bond acceptors (Lipinski definition) is 5. The number of carbonyl (C=O) groups excluding carboxylic acids is 1. The lowest BCUT2D eigenvalue weighted by atomic mass is 10.2. The molecular weight excluding hydrogens is 358 g/mol. The van der Waals surface area contributed by atoms with Crippen LogP contribution in [0.4, 0.5) is 16.2 Å². The van der Waals surface area contributed by atoms with Crippen molar-refractivity contribution in [2.75, 3.05) is 57.2 Å². The number of benzene rings is 2. The Hall–Kier alpha value is -3.09. The van der Waals surface area contributed by atoms with Gasteiger partial charge < -0.3 is 29.3 Å². The number of piperazine rings is 1. The highest BCUT2D eigenvalue weighted by atomic mass is 16.5. The van der Waals surface area contributed by atoms with Crippen LogP contribution in [0.25, 0.3) is 0 Å². The van der Waals surface area contributed by atoms with E-state index >= 15 is 0 Å². The Bertz CT molecular complexity index is 787. The van der Waals surface area contributed by atoms with Crippen LogP contribution in [0.3, 0.4) is 0 Å². The molecule has 0 aliphatic carbocycles. The summed E-state index contributed by atoms with van der Waals surface area (Å²) >= 11 is 0. The van der Waals surface area contributed by atoms with E-state index in [0.29, 0.717) is 36.9 Å². The number of urea groups is 1. The monoisotopic (exact) mass is 385 g/mol. The molecule has 2 amide bonds. The molecule has 0 saturated carbocycles. The fraction of sp³-hybridized carbons (Fsp3) is 0.381. The Morgan fingerprint density at radius 2 is 1.64 bits per heavy atom. The zero-order chi connectivity index (χ0) is 19.9. The number of anilines is 2. The minimum atomic E-state index is -0.141. The summed E-state index contributed by atoms with van der Waals surface area (Å²) in [5, 5.41) is 2.93. The molecule has 0 bridgehead atoms. The van der Waals surface area contributed by atoms with E-state index in [1.54, 1.807) is 32.4 Å². The van der Waals surface area contributed by atoms with Gasteiger partial charge in [0, 0.05) is 37.9 Å². The summed E-state index contributed by atoms with van der Waals surface area (Å²) in [4.78, 5) is 16.8. The van der Waals surface area contributed by atoms with Gasteiger partial charge in [-0.15, -0.1) is 0 Å². The number of rotatable bonds is 6. The molecule has 0 aromatic heterocycles. The van der Waals surface area contributed by atoms with Crippen LogP contribution in [-0.2, 0) is 0 Å². The molecule has 0 spiro atoms. The Morgan fingerprint density at radius 1 is 0.964 bits per heavy atom. The number of ether oxygens (including phenoxy) is 3. The SMILES string of the molecule is CCOc1ccc(N2CCN(C(=O)Nc3cc(OC)ccc3OC)CC2)cc1. The molecule has 28 heavy (non-hydrogen) atoms. The van der Waals surface area contributed by atoms with Gasteiger partial charge in [0.2, 0.25) is 0 Å². The maximum atomic E-state index is 12.7. The van der Waals surface area contributed by atoms with Crippen LogP contribution in [0, 0.1) is 0 Å². The predicted molar refractivity (Wildman–Crippen MR) is 110 cm³/mol. The largest absolute Gasteiger partial charge is 0.497 e. The summed E-state index contributed by atoms with van der Waals surface area (Å²) in [6, 6.07) is 13.3. The van der Waals surface area contributed by atoms with Gasteiger partial charge >= 0.3 is 6.03 Å². The summed E-state index contributed by atoms with van der Waals surface area (Å²) in [5.74, 6) is 2.13. The van der Waals surface area contributed by atoms with Crippen molar-refractivity contribution >= 4 is 17.4 Å². The predicted octanol–water partition coefficient (Wildman–Crippen LogP) is 3.46. The van der Waals surface area contributed by atoms with Gasteiger partial charge in [-0.05, 0) is 43.3 Å². The second-order valence-electron chi connectivity index (χ2n) is 6.40. The molecule has 0 radical (unpaired) electrons. The van der Waals surface area contributed by atoms with Crippen molar-refractivity contribution in [2.45, 2.75) is 6.92 Å². The van der Waals surface area contributed by atoms with E-state index in [2.05, 4.69) is 22.3 Å². The summed E-state index contributed by atoms with van der Waals surface area (Å²) in [7, 11) is 3.17. The third-order valence-electron chi connectivity index (χ3n) is 4.73. The molecule has 3 rings (SSSR count). The fourth-order valence-corrected chi connectivity index (χ4v) is 3.19. The van der Waals surface area contributed by atoms with E-state index in [0.717, 1.165) is 24.5 Å². The quantitative estimate of drug-likeness (QED) is 0.825. The van der Waals surface area contributed by atoms with Crippen LogP contribution in [0.15, 0.2) is 42.5 Å². The highest BCUT2D eigenvalue weighted by molar-refractivity contribution is 5.91. The minimum absolute atomic E-state index is 0.141. The number of nitrogens with one attached hydrogen (secondary N) is 1. The van der Waals surface area contributed by atoms with Crippen LogP contribution in [-0.4, -0.2) is 57.9 Å². The zero-order valence-corrected chi connectivity index (χ0v) is 16.6. The smallest absolute Gasteiger partial charge is 0.322 e. The number of nitrogens with zero attached hydrogens (tertiary/aromatic N) is 2. The number of amides is 2. The van der Waals surface area contributed by atoms with Crippen molar-refractivity contribution in [1.29, 1.82) is 0 Å². The van der Waals surface area contributed by atoms with Gasteiger partial charge in [0.15, 0.2) is 0 Å². The van der Waals surface area contributed by atoms with Crippen molar-refractivity contribution in [3.8, 4) is 17.2 Å². The lowest BCUT2D eigenvalue weighted by Crippen LogP contribution is -2.50. The Kier molecular flexibility index (Phi) is 6.47. The van der Waals surface area contributed by atoms with Crippen molar-refractivity contribution in [3.63, 3.8) is 0 Å². The lowest BCUT2D eigenvalue weighted by molar-refractivity contribution is 0.208. The van der Waals surface area contributed by atoms with Crippen LogP contribution in [0.1, 0.15) is 6.92 Å². The van der Waals surface area contributed by atoms with E-state index in [1.165, 1.54) is 0 Å². The highest BCUT2D eigenvalue weighted by Gasteiger charge is 2.22.